The summed E-state index contributed by atoms with van der Waals surface area (Å²) in [5.41, 5.74) is 1.58. The predicted molar refractivity (Wildman–Crippen MR) is 83.5 cm³/mol. The number of carbonyl (C=O) groups is 1. The van der Waals surface area contributed by atoms with E-state index >= 15 is 0 Å². The van der Waals surface area contributed by atoms with E-state index in [-0.39, 0.29) is 12.5 Å². The van der Waals surface area contributed by atoms with E-state index in [1.807, 2.05) is 37.1 Å². The lowest BCUT2D eigenvalue weighted by Crippen LogP contribution is -2.21. The maximum atomic E-state index is 12.2. The fraction of sp³-hybridized carbons (Fsp3) is 0.400. The number of rotatable bonds is 7. The van der Waals surface area contributed by atoms with Gasteiger partial charge in [0.05, 0.1) is 19.3 Å². The number of hydrogen-bond acceptors (Lipinski definition) is 5. The fourth-order valence-corrected chi connectivity index (χ4v) is 2.07. The first kappa shape index (κ1) is 16.1. The SMILES string of the molecule is CCn1ncc(NC(=O)c2cccc(CN(C)CCO)c2)n1. The lowest BCUT2D eigenvalue weighted by Gasteiger charge is -2.15. The number of amides is 1. The van der Waals surface area contributed by atoms with Gasteiger partial charge in [-0.1, -0.05) is 12.1 Å². The molecule has 2 aromatic rings. The lowest BCUT2D eigenvalue weighted by molar-refractivity contribution is 0.102. The van der Waals surface area contributed by atoms with Crippen LogP contribution in [-0.4, -0.2) is 51.1 Å². The molecule has 0 bridgehead atoms. The maximum absolute atomic E-state index is 12.2. The van der Waals surface area contributed by atoms with Crippen LogP contribution in [0.5, 0.6) is 0 Å². The average Bonchev–Trinajstić information content (AvgIpc) is 2.95. The Bertz CT molecular complexity index is 626. The number of aliphatic hydroxyl groups is 1. The molecule has 0 atom stereocenters. The second-order valence-corrected chi connectivity index (χ2v) is 5.03. The molecule has 0 aliphatic heterocycles. The van der Waals surface area contributed by atoms with Gasteiger partial charge >= 0.3 is 0 Å². The van der Waals surface area contributed by atoms with Gasteiger partial charge in [-0.05, 0) is 31.7 Å². The van der Waals surface area contributed by atoms with E-state index in [0.717, 1.165) is 5.56 Å². The van der Waals surface area contributed by atoms with Crippen LogP contribution in [0.4, 0.5) is 5.82 Å². The third-order valence-corrected chi connectivity index (χ3v) is 3.18. The standard InChI is InChI=1S/C15H21N5O2/c1-3-20-16-10-14(18-20)17-15(22)13-6-4-5-12(9-13)11-19(2)7-8-21/h4-6,9-10,21H,3,7-8,11H2,1-2H3,(H,17,18,22). The summed E-state index contributed by atoms with van der Waals surface area (Å²) in [6.07, 6.45) is 1.53. The minimum atomic E-state index is -0.213. The Kier molecular flexibility index (Phi) is 5.62. The summed E-state index contributed by atoms with van der Waals surface area (Å²) >= 11 is 0. The number of aliphatic hydroxyl groups excluding tert-OH is 1. The van der Waals surface area contributed by atoms with Gasteiger partial charge in [-0.3, -0.25) is 9.69 Å². The van der Waals surface area contributed by atoms with E-state index in [4.69, 9.17) is 5.11 Å². The van der Waals surface area contributed by atoms with Crippen LogP contribution in [0.3, 0.4) is 0 Å². The van der Waals surface area contributed by atoms with Gasteiger partial charge in [-0.25, -0.2) is 0 Å². The van der Waals surface area contributed by atoms with Crippen LogP contribution in [0.25, 0.3) is 0 Å². The molecule has 0 aliphatic carbocycles. The van der Waals surface area contributed by atoms with Crippen molar-refractivity contribution in [1.82, 2.24) is 19.9 Å². The van der Waals surface area contributed by atoms with Crippen molar-refractivity contribution in [3.63, 3.8) is 0 Å². The Balaban J connectivity index is 2.03. The van der Waals surface area contributed by atoms with E-state index in [9.17, 15) is 4.79 Å². The van der Waals surface area contributed by atoms with Crippen LogP contribution in [0.15, 0.2) is 30.5 Å². The molecule has 118 valence electrons. The first-order valence-electron chi connectivity index (χ1n) is 7.22. The van der Waals surface area contributed by atoms with Crippen LogP contribution in [-0.2, 0) is 13.1 Å². The van der Waals surface area contributed by atoms with Crippen LogP contribution in [0, 0.1) is 0 Å². The van der Waals surface area contributed by atoms with Gasteiger partial charge in [0, 0.05) is 18.7 Å². The second kappa shape index (κ2) is 7.67. The number of aryl methyl sites for hydroxylation is 1. The highest BCUT2D eigenvalue weighted by atomic mass is 16.3. The quantitative estimate of drug-likeness (QED) is 0.796. The number of hydrogen-bond donors (Lipinski definition) is 2. The van der Waals surface area contributed by atoms with E-state index in [2.05, 4.69) is 15.5 Å². The van der Waals surface area contributed by atoms with E-state index in [1.54, 1.807) is 6.07 Å². The van der Waals surface area contributed by atoms with Gasteiger partial charge in [-0.15, -0.1) is 5.10 Å². The highest BCUT2D eigenvalue weighted by molar-refractivity contribution is 6.03. The molecular weight excluding hydrogens is 282 g/mol. The van der Waals surface area contributed by atoms with Gasteiger partial charge in [0.25, 0.3) is 5.91 Å². The molecule has 1 aromatic heterocycles. The molecule has 0 aliphatic rings. The normalized spacial score (nSPS) is 10.9. The van der Waals surface area contributed by atoms with Crippen molar-refractivity contribution in [2.75, 3.05) is 25.5 Å². The van der Waals surface area contributed by atoms with Crippen LogP contribution in [0.2, 0.25) is 0 Å². The summed E-state index contributed by atoms with van der Waals surface area (Å²) in [6, 6.07) is 7.40. The average molecular weight is 303 g/mol. The molecule has 1 amide bonds. The number of benzene rings is 1. The van der Waals surface area contributed by atoms with Gasteiger partial charge in [-0.2, -0.15) is 9.90 Å². The molecule has 1 aromatic carbocycles. The van der Waals surface area contributed by atoms with Crippen molar-refractivity contribution in [3.8, 4) is 0 Å². The van der Waals surface area contributed by atoms with E-state index in [1.165, 1.54) is 11.0 Å². The first-order chi connectivity index (χ1) is 10.6. The topological polar surface area (TPSA) is 83.3 Å². The third kappa shape index (κ3) is 4.37. The fourth-order valence-electron chi connectivity index (χ4n) is 2.07. The number of nitrogens with one attached hydrogen (secondary N) is 1. The van der Waals surface area contributed by atoms with Crippen LogP contribution >= 0.6 is 0 Å². The van der Waals surface area contributed by atoms with Crippen molar-refractivity contribution in [3.05, 3.63) is 41.6 Å². The minimum absolute atomic E-state index is 0.115. The third-order valence-electron chi connectivity index (χ3n) is 3.18. The summed E-state index contributed by atoms with van der Waals surface area (Å²) < 4.78 is 0. The summed E-state index contributed by atoms with van der Waals surface area (Å²) in [6.45, 7) is 3.97. The molecule has 1 heterocycles. The summed E-state index contributed by atoms with van der Waals surface area (Å²) in [5.74, 6) is 0.226. The molecule has 2 N–H and O–H groups in total. The molecule has 0 spiro atoms. The maximum Gasteiger partial charge on any atom is 0.256 e. The predicted octanol–water partition coefficient (Wildman–Crippen LogP) is 0.974. The molecule has 22 heavy (non-hydrogen) atoms. The highest BCUT2D eigenvalue weighted by Crippen LogP contribution is 2.10. The number of carbonyl (C=O) groups excluding carboxylic acids is 1. The molecule has 7 heteroatoms. The van der Waals surface area contributed by atoms with Crippen molar-refractivity contribution in [2.45, 2.75) is 20.0 Å². The first-order valence-corrected chi connectivity index (χ1v) is 7.22. The van der Waals surface area contributed by atoms with Crippen molar-refractivity contribution < 1.29 is 9.90 Å². The Morgan fingerprint density at radius 2 is 2.27 bits per heavy atom. The number of likely N-dealkylation sites (N-methyl/N-ethyl adjacent to an activating group) is 1. The Hall–Kier alpha value is -2.25. The number of aromatic nitrogens is 3. The van der Waals surface area contributed by atoms with E-state index in [0.29, 0.717) is 31.0 Å². The Morgan fingerprint density at radius 1 is 1.45 bits per heavy atom. The smallest absolute Gasteiger partial charge is 0.256 e. The van der Waals surface area contributed by atoms with Crippen molar-refractivity contribution in [1.29, 1.82) is 0 Å². The molecular formula is C15H21N5O2. The van der Waals surface area contributed by atoms with Gasteiger partial charge in [0.2, 0.25) is 0 Å². The van der Waals surface area contributed by atoms with Gasteiger partial charge in [0.15, 0.2) is 5.82 Å². The minimum Gasteiger partial charge on any atom is -0.395 e. The molecule has 0 unspecified atom stereocenters. The molecule has 0 radical (unpaired) electrons. The Labute approximate surface area is 129 Å². The van der Waals surface area contributed by atoms with Crippen LogP contribution in [0.1, 0.15) is 22.8 Å². The number of anilines is 1. The summed E-state index contributed by atoms with van der Waals surface area (Å²) in [7, 11) is 1.92. The van der Waals surface area contributed by atoms with Crippen molar-refractivity contribution >= 4 is 11.7 Å². The molecule has 0 saturated heterocycles. The van der Waals surface area contributed by atoms with Gasteiger partial charge in [0.1, 0.15) is 0 Å². The summed E-state index contributed by atoms with van der Waals surface area (Å²) in [5, 5.41) is 19.8. The summed E-state index contributed by atoms with van der Waals surface area (Å²) in [4.78, 5) is 15.7. The zero-order valence-electron chi connectivity index (χ0n) is 12.9. The zero-order valence-corrected chi connectivity index (χ0v) is 12.9. The Morgan fingerprint density at radius 3 is 2.95 bits per heavy atom. The molecule has 0 fully saturated rings. The van der Waals surface area contributed by atoms with Crippen LogP contribution < -0.4 is 5.32 Å². The zero-order chi connectivity index (χ0) is 15.9. The van der Waals surface area contributed by atoms with Gasteiger partial charge < -0.3 is 10.4 Å². The molecule has 2 rings (SSSR count). The molecule has 0 saturated carbocycles. The monoisotopic (exact) mass is 303 g/mol. The lowest BCUT2D eigenvalue weighted by atomic mass is 10.1. The van der Waals surface area contributed by atoms with Crippen molar-refractivity contribution in [2.24, 2.45) is 0 Å². The second-order valence-electron chi connectivity index (χ2n) is 5.03. The largest absolute Gasteiger partial charge is 0.395 e. The van der Waals surface area contributed by atoms with E-state index < -0.39 is 0 Å². The molecule has 7 nitrogen and oxygen atoms in total. The number of nitrogens with zero attached hydrogens (tertiary/aromatic N) is 4. The highest BCUT2D eigenvalue weighted by Gasteiger charge is 2.09.